The predicted molar refractivity (Wildman–Crippen MR) is 239 cm³/mol. The Labute approximate surface area is 370 Å². The fourth-order valence-corrected chi connectivity index (χ4v) is 9.29. The molecule has 0 bridgehead atoms. The second kappa shape index (κ2) is 21.8. The summed E-state index contributed by atoms with van der Waals surface area (Å²) in [4.78, 5) is 13.6. The van der Waals surface area contributed by atoms with Gasteiger partial charge in [0.1, 0.15) is 30.8 Å². The van der Waals surface area contributed by atoms with E-state index in [-0.39, 0.29) is 39.4 Å². The summed E-state index contributed by atoms with van der Waals surface area (Å²) in [5.74, 6) is -0.781. The smallest absolute Gasteiger partial charge is 0.411 e. The van der Waals surface area contributed by atoms with Gasteiger partial charge >= 0.3 is 18.3 Å². The normalized spacial score (nSPS) is 15.6. The number of phenols is 1. The topological polar surface area (TPSA) is 76.0 Å². The second-order valence-electron chi connectivity index (χ2n) is 21.9. The number of phenolic OH excluding ortho intramolecular Hbond substituents is 1. The van der Waals surface area contributed by atoms with Crippen molar-refractivity contribution in [1.29, 1.82) is 0 Å². The zero-order valence-corrected chi connectivity index (χ0v) is 40.4. The number of alkyl halides is 6. The van der Waals surface area contributed by atoms with Crippen LogP contribution in [-0.4, -0.2) is 47.9 Å². The van der Waals surface area contributed by atoms with Gasteiger partial charge in [0, 0.05) is 5.56 Å². The molecular weight excluding hydrogens is 807 g/mol. The molecule has 11 heteroatoms. The quantitative estimate of drug-likeness (QED) is 0.0660. The molecule has 356 valence electrons. The Morgan fingerprint density at radius 2 is 1.16 bits per heavy atom. The van der Waals surface area contributed by atoms with Gasteiger partial charge in [-0.25, -0.2) is 0 Å². The van der Waals surface area contributed by atoms with E-state index in [0.29, 0.717) is 44.1 Å². The number of carbonyl (C=O) groups is 1. The number of unbranched alkanes of at least 4 members (excludes halogenated alkanes) is 3. The zero-order valence-electron chi connectivity index (χ0n) is 40.4. The molecule has 2 aromatic carbocycles. The van der Waals surface area contributed by atoms with Crippen LogP contribution in [0.2, 0.25) is 0 Å². The molecule has 0 heterocycles. The van der Waals surface area contributed by atoms with E-state index in [1.165, 1.54) is 0 Å². The summed E-state index contributed by atoms with van der Waals surface area (Å²) < 4.78 is 105. The van der Waals surface area contributed by atoms with Gasteiger partial charge in [-0.1, -0.05) is 141 Å². The van der Waals surface area contributed by atoms with Crippen LogP contribution in [0.15, 0.2) is 36.4 Å². The zero-order chi connectivity index (χ0) is 47.7. The molecule has 2 rings (SSSR count). The van der Waals surface area contributed by atoms with Crippen LogP contribution >= 0.6 is 0 Å². The molecule has 4 unspecified atom stereocenters. The van der Waals surface area contributed by atoms with Gasteiger partial charge in [-0.3, -0.25) is 4.79 Å². The van der Waals surface area contributed by atoms with Crippen molar-refractivity contribution < 1.29 is 50.8 Å². The van der Waals surface area contributed by atoms with Crippen LogP contribution in [0.1, 0.15) is 190 Å². The Bertz CT molecular complexity index is 1680. The minimum absolute atomic E-state index is 0.00666. The average Bonchev–Trinajstić information content (AvgIpc) is 3.10. The summed E-state index contributed by atoms with van der Waals surface area (Å²) in [6.45, 7) is 27.1. The summed E-state index contributed by atoms with van der Waals surface area (Å²) in [7, 11) is 0. The standard InChI is InChI=1S/C51H80F6O5/c1-15-17-19-27-47(11,12)40-28-36(21-24-42(40)59)49(50(52,53)54,51(55,56)57)37-22-25-43(41(29-37)48(13,14)26-18-16-2)61-32-38(58)33-62-44(60)39(35(4)31-46(8,9)10)23-20-34(3)30-45(5,6)7/h21-22,24-25,28-29,34-35,38-39,58-59H,15-20,23,26-27,30-33H2,1-14H3. The van der Waals surface area contributed by atoms with E-state index in [0.717, 1.165) is 68.9 Å². The van der Waals surface area contributed by atoms with Crippen molar-refractivity contribution in [3.05, 3.63) is 58.7 Å². The van der Waals surface area contributed by atoms with E-state index >= 15 is 26.3 Å². The van der Waals surface area contributed by atoms with Crippen LogP contribution in [0.25, 0.3) is 0 Å². The molecule has 0 amide bonds. The molecule has 2 aromatic rings. The maximum Gasteiger partial charge on any atom is 0.411 e. The fraction of sp³-hybridized carbons (Fsp3) is 0.745. The Morgan fingerprint density at radius 1 is 0.661 bits per heavy atom. The van der Waals surface area contributed by atoms with E-state index in [9.17, 15) is 15.0 Å². The molecular formula is C51H80F6O5. The van der Waals surface area contributed by atoms with Crippen molar-refractivity contribution in [2.45, 2.75) is 202 Å². The van der Waals surface area contributed by atoms with Crippen molar-refractivity contribution in [3.63, 3.8) is 0 Å². The number of aromatic hydroxyl groups is 1. The monoisotopic (exact) mass is 887 g/mol. The van der Waals surface area contributed by atoms with Crippen LogP contribution in [0.5, 0.6) is 11.5 Å². The Hall–Kier alpha value is -2.95. The van der Waals surface area contributed by atoms with Gasteiger partial charge in [0.15, 0.2) is 0 Å². The van der Waals surface area contributed by atoms with E-state index < -0.39 is 70.9 Å². The SMILES string of the molecule is CCCCCC(C)(C)c1cc(C(c2ccc(OCC(O)COC(=O)C(CCC(C)CC(C)(C)C)C(C)CC(C)(C)C)c(C(C)(C)CCCC)c2)(C(F)(F)F)C(F)(F)F)ccc1O. The van der Waals surface area contributed by atoms with Crippen molar-refractivity contribution >= 4 is 5.97 Å². The van der Waals surface area contributed by atoms with E-state index in [4.69, 9.17) is 9.47 Å². The third-order valence-electron chi connectivity index (χ3n) is 12.4. The molecule has 62 heavy (non-hydrogen) atoms. The predicted octanol–water partition coefficient (Wildman–Crippen LogP) is 15.0. The average molecular weight is 887 g/mol. The van der Waals surface area contributed by atoms with Crippen LogP contribution < -0.4 is 4.74 Å². The first-order valence-electron chi connectivity index (χ1n) is 22.8. The highest BCUT2D eigenvalue weighted by Crippen LogP contribution is 2.58. The molecule has 0 aromatic heterocycles. The maximum atomic E-state index is 15.6. The minimum atomic E-state index is -5.86. The van der Waals surface area contributed by atoms with Crippen LogP contribution in [0.3, 0.4) is 0 Å². The number of aliphatic hydroxyl groups excluding tert-OH is 1. The van der Waals surface area contributed by atoms with Gasteiger partial charge in [-0.15, -0.1) is 0 Å². The van der Waals surface area contributed by atoms with E-state index in [1.54, 1.807) is 27.7 Å². The van der Waals surface area contributed by atoms with Gasteiger partial charge < -0.3 is 19.7 Å². The van der Waals surface area contributed by atoms with Crippen molar-refractivity contribution in [2.24, 2.45) is 28.6 Å². The van der Waals surface area contributed by atoms with E-state index in [1.807, 2.05) is 20.8 Å². The summed E-state index contributed by atoms with van der Waals surface area (Å²) in [5, 5.41) is 21.9. The number of hydrogen-bond acceptors (Lipinski definition) is 5. The number of esters is 1. The largest absolute Gasteiger partial charge is 0.508 e. The molecule has 0 radical (unpaired) electrons. The number of rotatable bonds is 23. The highest BCUT2D eigenvalue weighted by Gasteiger charge is 2.72. The lowest BCUT2D eigenvalue weighted by atomic mass is 9.69. The molecule has 0 aliphatic carbocycles. The maximum absolute atomic E-state index is 15.6. The van der Waals surface area contributed by atoms with Gasteiger partial charge in [-0.05, 0) is 113 Å². The lowest BCUT2D eigenvalue weighted by molar-refractivity contribution is -0.288. The summed E-state index contributed by atoms with van der Waals surface area (Å²) in [6.07, 6.45) is -5.19. The Kier molecular flexibility index (Phi) is 19.4. The first kappa shape index (κ1) is 55.2. The number of carbonyl (C=O) groups excluding carboxylic acids is 1. The molecule has 2 N–H and O–H groups in total. The lowest BCUT2D eigenvalue weighted by Crippen LogP contribution is -2.55. The van der Waals surface area contributed by atoms with Gasteiger partial charge in [0.25, 0.3) is 0 Å². The first-order chi connectivity index (χ1) is 28.2. The second-order valence-corrected chi connectivity index (χ2v) is 21.9. The molecule has 0 spiro atoms. The van der Waals surface area contributed by atoms with Gasteiger partial charge in [0.05, 0.1) is 5.92 Å². The third kappa shape index (κ3) is 15.1. The fourth-order valence-electron chi connectivity index (χ4n) is 9.29. The third-order valence-corrected chi connectivity index (χ3v) is 12.4. The van der Waals surface area contributed by atoms with Crippen molar-refractivity contribution in [1.82, 2.24) is 0 Å². The number of halogens is 6. The molecule has 5 nitrogen and oxygen atoms in total. The number of ether oxygens (including phenoxy) is 2. The van der Waals surface area contributed by atoms with Crippen LogP contribution in [0.4, 0.5) is 26.3 Å². The minimum Gasteiger partial charge on any atom is -0.508 e. The molecule has 4 atom stereocenters. The number of aliphatic hydroxyl groups is 1. The summed E-state index contributed by atoms with van der Waals surface area (Å²) in [6, 6.07) is 5.36. The highest BCUT2D eigenvalue weighted by molar-refractivity contribution is 5.72. The number of hydrogen-bond donors (Lipinski definition) is 2. The Balaban J connectivity index is 2.60. The Morgan fingerprint density at radius 3 is 1.68 bits per heavy atom. The van der Waals surface area contributed by atoms with Crippen LogP contribution in [0, 0.1) is 28.6 Å². The van der Waals surface area contributed by atoms with E-state index in [2.05, 4.69) is 48.5 Å². The molecule has 0 aliphatic rings. The first-order valence-corrected chi connectivity index (χ1v) is 22.8. The van der Waals surface area contributed by atoms with Crippen LogP contribution in [-0.2, 0) is 25.8 Å². The molecule has 0 aliphatic heterocycles. The van der Waals surface area contributed by atoms with Gasteiger partial charge in [0.2, 0.25) is 5.41 Å². The van der Waals surface area contributed by atoms with Gasteiger partial charge in [-0.2, -0.15) is 26.3 Å². The summed E-state index contributed by atoms with van der Waals surface area (Å²) >= 11 is 0. The summed E-state index contributed by atoms with van der Waals surface area (Å²) in [5.41, 5.74) is -8.19. The highest BCUT2D eigenvalue weighted by atomic mass is 19.4. The molecule has 0 saturated carbocycles. The molecule has 0 fully saturated rings. The van der Waals surface area contributed by atoms with Crippen molar-refractivity contribution in [2.75, 3.05) is 13.2 Å². The lowest BCUT2D eigenvalue weighted by Gasteiger charge is -2.40. The number of benzene rings is 2. The molecule has 0 saturated heterocycles. The van der Waals surface area contributed by atoms with Crippen molar-refractivity contribution in [3.8, 4) is 11.5 Å².